The molecule has 0 bridgehead atoms. The molecule has 8 nitrogen and oxygen atoms in total. The maximum absolute atomic E-state index is 12.3. The molecule has 0 unspecified atom stereocenters. The molecule has 0 radical (unpaired) electrons. The second-order valence-electron chi connectivity index (χ2n) is 7.05. The van der Waals surface area contributed by atoms with Gasteiger partial charge in [-0.1, -0.05) is 20.8 Å². The van der Waals surface area contributed by atoms with Crippen molar-refractivity contribution < 1.29 is 12.8 Å². The first-order chi connectivity index (χ1) is 12.2. The van der Waals surface area contributed by atoms with Crippen LogP contribution in [-0.2, 0) is 22.0 Å². The fourth-order valence-electron chi connectivity index (χ4n) is 2.37. The summed E-state index contributed by atoms with van der Waals surface area (Å²) in [5, 5.41) is 6.12. The molecule has 2 heterocycles. The van der Waals surface area contributed by atoms with Crippen molar-refractivity contribution in [2.45, 2.75) is 32.7 Å². The molecule has 1 saturated heterocycles. The van der Waals surface area contributed by atoms with Crippen LogP contribution in [0.1, 0.15) is 32.4 Å². The maximum atomic E-state index is 12.3. The smallest absolute Gasteiger partial charge is 0.215 e. The van der Waals surface area contributed by atoms with Crippen molar-refractivity contribution in [2.24, 2.45) is 4.99 Å². The molecule has 1 aromatic rings. The lowest BCUT2D eigenvalue weighted by molar-refractivity contribution is 0.379. The van der Waals surface area contributed by atoms with E-state index in [9.17, 15) is 8.42 Å². The molecular weight excluding hydrogens is 374 g/mol. The van der Waals surface area contributed by atoms with Gasteiger partial charge in [0.05, 0.1) is 18.5 Å². The van der Waals surface area contributed by atoms with Gasteiger partial charge in [0.15, 0.2) is 5.96 Å². The number of hydrogen-bond donors (Lipinski definition) is 2. The third-order valence-corrected chi connectivity index (χ3v) is 6.75. The highest BCUT2D eigenvalue weighted by atomic mass is 32.2. The molecule has 1 fully saturated rings. The van der Waals surface area contributed by atoms with Crippen molar-refractivity contribution in [1.29, 1.82) is 0 Å². The van der Waals surface area contributed by atoms with Crippen LogP contribution in [-0.4, -0.2) is 67.6 Å². The first kappa shape index (κ1) is 21.0. The van der Waals surface area contributed by atoms with Gasteiger partial charge in [0.25, 0.3) is 0 Å². The second-order valence-corrected chi connectivity index (χ2v) is 10.4. The first-order valence-electron chi connectivity index (χ1n) is 8.67. The van der Waals surface area contributed by atoms with Gasteiger partial charge in [-0.3, -0.25) is 4.99 Å². The topological polar surface area (TPSA) is 99.8 Å². The monoisotopic (exact) mass is 403 g/mol. The SMILES string of the molecule is CN=C(NCCS(=O)(=O)N1CCSCC1)NCc1ncc(C(C)(C)C)o1. The molecule has 2 N–H and O–H groups in total. The zero-order valence-electron chi connectivity index (χ0n) is 15.9. The summed E-state index contributed by atoms with van der Waals surface area (Å²) in [6.07, 6.45) is 1.73. The first-order valence-corrected chi connectivity index (χ1v) is 11.4. The summed E-state index contributed by atoms with van der Waals surface area (Å²) in [4.78, 5) is 8.36. The van der Waals surface area contributed by atoms with Gasteiger partial charge >= 0.3 is 0 Å². The molecule has 26 heavy (non-hydrogen) atoms. The third kappa shape index (κ3) is 6.17. The quantitative estimate of drug-likeness (QED) is 0.540. The van der Waals surface area contributed by atoms with Gasteiger partial charge in [0.1, 0.15) is 5.76 Å². The lowest BCUT2D eigenvalue weighted by atomic mass is 9.94. The second kappa shape index (κ2) is 9.09. The molecule has 148 valence electrons. The highest BCUT2D eigenvalue weighted by molar-refractivity contribution is 7.99. The largest absolute Gasteiger partial charge is 0.443 e. The lowest BCUT2D eigenvalue weighted by Crippen LogP contribution is -2.44. The summed E-state index contributed by atoms with van der Waals surface area (Å²) in [5.41, 5.74) is -0.0908. The number of sulfonamides is 1. The molecule has 2 rings (SSSR count). The van der Waals surface area contributed by atoms with Crippen molar-refractivity contribution in [3.05, 3.63) is 17.8 Å². The van der Waals surface area contributed by atoms with Crippen molar-refractivity contribution in [1.82, 2.24) is 19.9 Å². The van der Waals surface area contributed by atoms with Crippen molar-refractivity contribution >= 4 is 27.7 Å². The van der Waals surface area contributed by atoms with Gasteiger partial charge < -0.3 is 15.1 Å². The van der Waals surface area contributed by atoms with Crippen LogP contribution >= 0.6 is 11.8 Å². The Morgan fingerprint density at radius 1 is 1.35 bits per heavy atom. The lowest BCUT2D eigenvalue weighted by Gasteiger charge is -2.25. The molecule has 1 aliphatic rings. The van der Waals surface area contributed by atoms with E-state index in [-0.39, 0.29) is 11.2 Å². The fourth-order valence-corrected chi connectivity index (χ4v) is 4.86. The zero-order valence-corrected chi connectivity index (χ0v) is 17.5. The minimum Gasteiger partial charge on any atom is -0.443 e. The van der Waals surface area contributed by atoms with Crippen molar-refractivity contribution in [2.75, 3.05) is 43.9 Å². The van der Waals surface area contributed by atoms with Crippen LogP contribution in [0.15, 0.2) is 15.6 Å². The summed E-state index contributed by atoms with van der Waals surface area (Å²) in [6.45, 7) is 8.06. The van der Waals surface area contributed by atoms with Gasteiger partial charge in [0.2, 0.25) is 15.9 Å². The normalized spacial score (nSPS) is 17.3. The minimum absolute atomic E-state index is 0.0472. The summed E-state index contributed by atoms with van der Waals surface area (Å²) in [7, 11) is -1.58. The summed E-state index contributed by atoms with van der Waals surface area (Å²) in [6, 6.07) is 0. The standard InChI is InChI=1S/C16H29N5O3S2/c1-16(2,3)13-11-19-14(24-13)12-20-15(17-4)18-5-10-26(22,23)21-6-8-25-9-7-21/h11H,5-10,12H2,1-4H3,(H2,17,18,20). The van der Waals surface area contributed by atoms with Gasteiger partial charge in [-0.25, -0.2) is 17.7 Å². The van der Waals surface area contributed by atoms with Gasteiger partial charge in [-0.15, -0.1) is 0 Å². The zero-order chi connectivity index (χ0) is 19.2. The van der Waals surface area contributed by atoms with E-state index in [4.69, 9.17) is 4.42 Å². The predicted octanol–water partition coefficient (Wildman–Crippen LogP) is 1.02. The Morgan fingerprint density at radius 2 is 2.04 bits per heavy atom. The number of nitrogens with one attached hydrogen (secondary N) is 2. The van der Waals surface area contributed by atoms with E-state index in [1.165, 1.54) is 0 Å². The number of nitrogens with zero attached hydrogens (tertiary/aromatic N) is 3. The van der Waals surface area contributed by atoms with Gasteiger partial charge in [0, 0.05) is 43.6 Å². The van der Waals surface area contributed by atoms with Gasteiger partial charge in [-0.05, 0) is 0 Å². The molecule has 0 aliphatic carbocycles. The van der Waals surface area contributed by atoms with E-state index in [2.05, 4.69) is 41.4 Å². The Balaban J connectivity index is 1.78. The van der Waals surface area contributed by atoms with Crippen LogP contribution in [0.2, 0.25) is 0 Å². The Labute approximate surface area is 160 Å². The van der Waals surface area contributed by atoms with Crippen molar-refractivity contribution in [3.63, 3.8) is 0 Å². The number of hydrogen-bond acceptors (Lipinski definition) is 6. The third-order valence-electron chi connectivity index (χ3n) is 3.94. The average Bonchev–Trinajstić information content (AvgIpc) is 3.08. The number of rotatable bonds is 6. The van der Waals surface area contributed by atoms with Crippen molar-refractivity contribution in [3.8, 4) is 0 Å². The fraction of sp³-hybridized carbons (Fsp3) is 0.750. The van der Waals surface area contributed by atoms with Crippen LogP contribution in [0.5, 0.6) is 0 Å². The minimum atomic E-state index is -3.22. The van der Waals surface area contributed by atoms with E-state index in [1.54, 1.807) is 29.3 Å². The highest BCUT2D eigenvalue weighted by Crippen LogP contribution is 2.22. The molecule has 0 amide bonds. The average molecular weight is 404 g/mol. The highest BCUT2D eigenvalue weighted by Gasteiger charge is 2.23. The Bertz CT molecular complexity index is 704. The Hall–Kier alpha value is -1.26. The van der Waals surface area contributed by atoms with Crippen LogP contribution in [0, 0.1) is 0 Å². The van der Waals surface area contributed by atoms with E-state index in [0.717, 1.165) is 17.3 Å². The molecule has 10 heteroatoms. The van der Waals surface area contributed by atoms with E-state index >= 15 is 0 Å². The molecule has 0 atom stereocenters. The van der Waals surface area contributed by atoms with E-state index in [0.29, 0.717) is 38.0 Å². The Morgan fingerprint density at radius 3 is 2.62 bits per heavy atom. The number of guanidine groups is 1. The Kier molecular flexibility index (Phi) is 7.36. The molecular formula is C16H29N5O3S2. The number of aliphatic imine (C=N–C) groups is 1. The van der Waals surface area contributed by atoms with Crippen LogP contribution < -0.4 is 10.6 Å². The molecule has 0 spiro atoms. The number of oxazole rings is 1. The predicted molar refractivity (Wildman–Crippen MR) is 106 cm³/mol. The summed E-state index contributed by atoms with van der Waals surface area (Å²) < 4.78 is 31.9. The summed E-state index contributed by atoms with van der Waals surface area (Å²) >= 11 is 1.79. The molecule has 1 aliphatic heterocycles. The molecule has 0 saturated carbocycles. The van der Waals surface area contributed by atoms with Crippen LogP contribution in [0.3, 0.4) is 0 Å². The van der Waals surface area contributed by atoms with Gasteiger partial charge in [-0.2, -0.15) is 11.8 Å². The molecule has 0 aromatic carbocycles. The maximum Gasteiger partial charge on any atom is 0.215 e. The van der Waals surface area contributed by atoms with Crippen LogP contribution in [0.4, 0.5) is 0 Å². The molecule has 1 aromatic heterocycles. The summed E-state index contributed by atoms with van der Waals surface area (Å²) in [5.74, 6) is 3.68. The number of aromatic nitrogens is 1. The number of thioether (sulfide) groups is 1. The van der Waals surface area contributed by atoms with Crippen LogP contribution in [0.25, 0.3) is 0 Å². The van der Waals surface area contributed by atoms with E-state index < -0.39 is 10.0 Å². The van der Waals surface area contributed by atoms with E-state index in [1.807, 2.05) is 0 Å².